The zero-order valence-corrected chi connectivity index (χ0v) is 21.1. The van der Waals surface area contributed by atoms with Crippen LogP contribution in [0.1, 0.15) is 37.5 Å². The molecule has 3 heterocycles. The van der Waals surface area contributed by atoms with Crippen molar-refractivity contribution in [2.24, 2.45) is 0 Å². The van der Waals surface area contributed by atoms with E-state index in [1.54, 1.807) is 30.1 Å². The number of aromatic nitrogens is 3. The lowest BCUT2D eigenvalue weighted by molar-refractivity contribution is -0.172. The molecule has 1 atom stereocenters. The number of benzene rings is 1. The Balaban J connectivity index is 1.45. The first-order valence-electron chi connectivity index (χ1n) is 11.4. The van der Waals surface area contributed by atoms with Gasteiger partial charge in [-0.25, -0.2) is 9.37 Å². The highest BCUT2D eigenvalue weighted by molar-refractivity contribution is 6.36. The minimum absolute atomic E-state index is 0.0271. The Morgan fingerprint density at radius 3 is 2.59 bits per heavy atom. The van der Waals surface area contributed by atoms with E-state index in [0.717, 1.165) is 5.56 Å². The van der Waals surface area contributed by atoms with E-state index in [-0.39, 0.29) is 33.2 Å². The molecule has 0 bridgehead atoms. The third-order valence-electron chi connectivity index (χ3n) is 6.22. The molecule has 37 heavy (non-hydrogen) atoms. The summed E-state index contributed by atoms with van der Waals surface area (Å²) in [5, 5.41) is 4.52. The van der Waals surface area contributed by atoms with Crippen molar-refractivity contribution < 1.29 is 27.1 Å². The number of pyridine rings is 1. The topological polar surface area (TPSA) is 86.3 Å². The van der Waals surface area contributed by atoms with Crippen LogP contribution in [-0.4, -0.2) is 51.3 Å². The number of nitrogens with two attached hydrogens (primary N) is 1. The molecule has 0 amide bonds. The molecule has 198 valence electrons. The molecule has 1 aliphatic heterocycles. The number of anilines is 1. The number of nitrogen functional groups attached to an aromatic ring is 1. The molecule has 7 nitrogen and oxygen atoms in total. The predicted octanol–water partition coefficient (Wildman–Crippen LogP) is 5.88. The van der Waals surface area contributed by atoms with E-state index in [2.05, 4.69) is 10.1 Å². The summed E-state index contributed by atoms with van der Waals surface area (Å²) < 4.78 is 59.2. The Labute approximate surface area is 220 Å². The van der Waals surface area contributed by atoms with Gasteiger partial charge in [0.25, 0.3) is 0 Å². The zero-order chi connectivity index (χ0) is 26.9. The van der Waals surface area contributed by atoms with Crippen LogP contribution in [-0.2, 0) is 4.79 Å². The number of alkyl halides is 3. The molecular formula is C24H23Cl2F4N5O2. The first-order valence-corrected chi connectivity index (χ1v) is 12.1. The van der Waals surface area contributed by atoms with E-state index in [1.165, 1.54) is 17.0 Å². The number of piperidine rings is 1. The third kappa shape index (κ3) is 6.16. The van der Waals surface area contributed by atoms with Crippen LogP contribution in [0.5, 0.6) is 5.75 Å². The maximum absolute atomic E-state index is 13.9. The maximum Gasteiger partial charge on any atom is 0.451 e. The quantitative estimate of drug-likeness (QED) is 0.287. The number of ether oxygens (including phenoxy) is 1. The molecule has 2 N–H and O–H groups in total. The smallest absolute Gasteiger partial charge is 0.451 e. The molecule has 2 aromatic heterocycles. The van der Waals surface area contributed by atoms with Gasteiger partial charge in [-0.2, -0.15) is 18.3 Å². The number of halogens is 6. The van der Waals surface area contributed by atoms with Gasteiger partial charge in [-0.3, -0.25) is 14.4 Å². The summed E-state index contributed by atoms with van der Waals surface area (Å²) in [7, 11) is 0. The molecule has 1 unspecified atom stereocenters. The van der Waals surface area contributed by atoms with Crippen molar-refractivity contribution in [2.75, 3.05) is 25.4 Å². The van der Waals surface area contributed by atoms with Gasteiger partial charge in [-0.1, -0.05) is 23.2 Å². The summed E-state index contributed by atoms with van der Waals surface area (Å²) in [6, 6.07) is 4.21. The van der Waals surface area contributed by atoms with Gasteiger partial charge in [0.2, 0.25) is 5.78 Å². The molecule has 3 aromatic rings. The Hall–Kier alpha value is -2.89. The second-order valence-electron chi connectivity index (χ2n) is 8.76. The van der Waals surface area contributed by atoms with Crippen LogP contribution in [0.4, 0.5) is 23.4 Å². The molecule has 4 rings (SSSR count). The molecule has 1 aromatic carbocycles. The predicted molar refractivity (Wildman–Crippen MR) is 131 cm³/mol. The summed E-state index contributed by atoms with van der Waals surface area (Å²) in [5.41, 5.74) is 7.67. The highest BCUT2D eigenvalue weighted by Gasteiger charge is 2.39. The van der Waals surface area contributed by atoms with Crippen molar-refractivity contribution >= 4 is 34.8 Å². The van der Waals surface area contributed by atoms with Gasteiger partial charge in [-0.15, -0.1) is 0 Å². The minimum Gasteiger partial charge on any atom is -0.482 e. The number of carbonyl (C=O) groups excluding carboxylic acids is 1. The lowest BCUT2D eigenvalue weighted by Gasteiger charge is -2.31. The Kier molecular flexibility index (Phi) is 7.96. The second kappa shape index (κ2) is 10.8. The number of carbonyl (C=O) groups is 1. The molecule has 0 saturated carbocycles. The molecular weight excluding hydrogens is 537 g/mol. The summed E-state index contributed by atoms with van der Waals surface area (Å²) >= 11 is 12.3. The van der Waals surface area contributed by atoms with Crippen molar-refractivity contribution in [3.05, 3.63) is 58.2 Å². The number of nitrogens with zero attached hydrogens (tertiary/aromatic N) is 4. The number of likely N-dealkylation sites (tertiary alicyclic amines) is 1. The lowest BCUT2D eigenvalue weighted by Crippen LogP contribution is -2.41. The van der Waals surface area contributed by atoms with Crippen molar-refractivity contribution in [3.63, 3.8) is 0 Å². The summed E-state index contributed by atoms with van der Waals surface area (Å²) in [5.74, 6) is -2.00. The number of hydrogen-bond acceptors (Lipinski definition) is 6. The first-order chi connectivity index (χ1) is 17.4. The fraction of sp³-hybridized carbons (Fsp3) is 0.375. The van der Waals surface area contributed by atoms with E-state index in [9.17, 15) is 22.4 Å². The number of Topliss-reactive ketones (excluding diaryl/α,β-unsaturated/α-hetero) is 1. The number of rotatable bonds is 7. The van der Waals surface area contributed by atoms with E-state index in [4.69, 9.17) is 33.7 Å². The van der Waals surface area contributed by atoms with E-state index in [1.807, 2.05) is 6.20 Å². The molecule has 0 spiro atoms. The van der Waals surface area contributed by atoms with Gasteiger partial charge in [0, 0.05) is 47.2 Å². The lowest BCUT2D eigenvalue weighted by atomic mass is 10.0. The molecule has 0 radical (unpaired) electrons. The molecule has 13 heteroatoms. The minimum atomic E-state index is -4.82. The molecule has 1 saturated heterocycles. The van der Waals surface area contributed by atoms with Gasteiger partial charge in [-0.05, 0) is 38.0 Å². The maximum atomic E-state index is 13.9. The molecule has 1 fully saturated rings. The highest BCUT2D eigenvalue weighted by Crippen LogP contribution is 2.37. The Bertz CT molecular complexity index is 1290. The summed E-state index contributed by atoms with van der Waals surface area (Å²) in [6.45, 7) is 1.73. The Morgan fingerprint density at radius 2 is 1.92 bits per heavy atom. The average molecular weight is 560 g/mol. The standard InChI is InChI=1S/C24H23Cl2F4N5O2/c1-13(21-17(25)2-3-18(27)22(21)26)37-19-8-14(9-32-23(19)31)15-10-33-35(11-15)16-4-6-34(7-5-16)12-20(36)24(28,29)30/h2-3,8-11,13,16H,4-7,12H2,1H3,(H2,31,32). The number of ketones is 1. The van der Waals surface area contributed by atoms with Gasteiger partial charge < -0.3 is 10.5 Å². The van der Waals surface area contributed by atoms with Crippen LogP contribution in [0, 0.1) is 5.82 Å². The van der Waals surface area contributed by atoms with Crippen LogP contribution < -0.4 is 10.5 Å². The fourth-order valence-corrected chi connectivity index (χ4v) is 4.87. The summed E-state index contributed by atoms with van der Waals surface area (Å²) in [6.07, 6.45) is 0.550. The van der Waals surface area contributed by atoms with Crippen LogP contribution >= 0.6 is 23.2 Å². The van der Waals surface area contributed by atoms with E-state index in [0.29, 0.717) is 31.5 Å². The fourth-order valence-electron chi connectivity index (χ4n) is 4.19. The van der Waals surface area contributed by atoms with Crippen LogP contribution in [0.2, 0.25) is 10.0 Å². The SMILES string of the molecule is CC(Oc1cc(-c2cnn(C3CCN(CC(=O)C(F)(F)F)CC3)c2)cnc1N)c1c(Cl)ccc(F)c1Cl. The molecule has 0 aliphatic carbocycles. The van der Waals surface area contributed by atoms with Crippen LogP contribution in [0.3, 0.4) is 0 Å². The van der Waals surface area contributed by atoms with Crippen LogP contribution in [0.25, 0.3) is 11.1 Å². The first kappa shape index (κ1) is 27.2. The van der Waals surface area contributed by atoms with Gasteiger partial charge in [0.05, 0.1) is 23.8 Å². The van der Waals surface area contributed by atoms with Crippen molar-refractivity contribution in [2.45, 2.75) is 38.1 Å². The van der Waals surface area contributed by atoms with E-state index >= 15 is 0 Å². The molecule has 1 aliphatic rings. The number of hydrogen-bond donors (Lipinski definition) is 1. The highest BCUT2D eigenvalue weighted by atomic mass is 35.5. The van der Waals surface area contributed by atoms with Gasteiger partial charge in [0.1, 0.15) is 11.9 Å². The van der Waals surface area contributed by atoms with E-state index < -0.39 is 30.4 Å². The summed E-state index contributed by atoms with van der Waals surface area (Å²) in [4.78, 5) is 16.9. The average Bonchev–Trinajstić information content (AvgIpc) is 3.33. The Morgan fingerprint density at radius 1 is 1.22 bits per heavy atom. The second-order valence-corrected chi connectivity index (χ2v) is 9.55. The largest absolute Gasteiger partial charge is 0.482 e. The third-order valence-corrected chi connectivity index (χ3v) is 6.93. The van der Waals surface area contributed by atoms with Gasteiger partial charge in [0.15, 0.2) is 11.6 Å². The van der Waals surface area contributed by atoms with Crippen molar-refractivity contribution in [3.8, 4) is 16.9 Å². The van der Waals surface area contributed by atoms with Crippen molar-refractivity contribution in [1.29, 1.82) is 0 Å². The monoisotopic (exact) mass is 559 g/mol. The van der Waals surface area contributed by atoms with Crippen molar-refractivity contribution in [1.82, 2.24) is 19.7 Å². The zero-order valence-electron chi connectivity index (χ0n) is 19.6. The normalized spacial score (nSPS) is 16.1. The van der Waals surface area contributed by atoms with Gasteiger partial charge >= 0.3 is 6.18 Å². The van der Waals surface area contributed by atoms with Crippen LogP contribution in [0.15, 0.2) is 36.8 Å².